The Morgan fingerprint density at radius 2 is 1.79 bits per heavy atom. The van der Waals surface area contributed by atoms with Crippen molar-refractivity contribution in [2.24, 2.45) is 0 Å². The number of hydrogen-bond acceptors (Lipinski definition) is 3. The lowest BCUT2D eigenvalue weighted by molar-refractivity contribution is -0.112. The van der Waals surface area contributed by atoms with E-state index in [9.17, 15) is 10.1 Å². The Labute approximate surface area is 201 Å². The topological polar surface area (TPSA) is 62.1 Å². The minimum absolute atomic E-state index is 0.00800. The number of nitrogens with zero attached hydrogens (tertiary/aromatic N) is 1. The summed E-state index contributed by atoms with van der Waals surface area (Å²) in [6, 6.07) is 29.2. The average Bonchev–Trinajstić information content (AvgIpc) is 2.83. The predicted octanol–water partition coefficient (Wildman–Crippen LogP) is 7.04. The van der Waals surface area contributed by atoms with Crippen LogP contribution in [0.1, 0.15) is 16.7 Å². The number of anilines is 1. The molecule has 0 aliphatic carbocycles. The zero-order valence-corrected chi connectivity index (χ0v) is 19.6. The summed E-state index contributed by atoms with van der Waals surface area (Å²) in [4.78, 5) is 12.8. The van der Waals surface area contributed by atoms with E-state index in [1.54, 1.807) is 12.1 Å². The standard InChI is InChI=1S/C28H21BrN2O2/c1-19-7-2-5-12-26(19)31-28(32)23(17-30)15-22-16-24(29)13-14-27(22)33-18-21-10-6-9-20-8-3-4-11-25(20)21/h2-16H,18H2,1H3,(H,31,32)/b23-15+. The summed E-state index contributed by atoms with van der Waals surface area (Å²) in [5.74, 6) is 0.120. The summed E-state index contributed by atoms with van der Waals surface area (Å²) in [7, 11) is 0. The molecule has 5 heteroatoms. The van der Waals surface area contributed by atoms with Crippen LogP contribution in [0, 0.1) is 18.3 Å². The molecule has 0 aliphatic heterocycles. The Morgan fingerprint density at radius 1 is 1.03 bits per heavy atom. The molecule has 0 fully saturated rings. The third-order valence-corrected chi connectivity index (χ3v) is 5.79. The van der Waals surface area contributed by atoms with E-state index in [1.165, 1.54) is 0 Å². The van der Waals surface area contributed by atoms with Crippen LogP contribution in [0.2, 0.25) is 0 Å². The molecule has 33 heavy (non-hydrogen) atoms. The molecule has 0 atom stereocenters. The minimum Gasteiger partial charge on any atom is -0.488 e. The number of halogens is 1. The van der Waals surface area contributed by atoms with Crippen molar-refractivity contribution in [1.82, 2.24) is 0 Å². The number of nitriles is 1. The van der Waals surface area contributed by atoms with E-state index in [0.29, 0.717) is 23.6 Å². The second-order valence-corrected chi connectivity index (χ2v) is 8.46. The molecule has 4 rings (SSSR count). The fourth-order valence-corrected chi connectivity index (χ4v) is 3.92. The Balaban J connectivity index is 1.60. The molecular formula is C28H21BrN2O2. The van der Waals surface area contributed by atoms with Crippen LogP contribution >= 0.6 is 15.9 Å². The largest absolute Gasteiger partial charge is 0.488 e. The van der Waals surface area contributed by atoms with Crippen LogP contribution in [0.15, 0.2) is 95.0 Å². The number of hydrogen-bond donors (Lipinski definition) is 1. The zero-order chi connectivity index (χ0) is 23.2. The van der Waals surface area contributed by atoms with Crippen molar-refractivity contribution in [3.05, 3.63) is 112 Å². The Bertz CT molecular complexity index is 1400. The molecule has 4 nitrogen and oxygen atoms in total. The monoisotopic (exact) mass is 496 g/mol. The van der Waals surface area contributed by atoms with Crippen LogP contribution in [-0.2, 0) is 11.4 Å². The van der Waals surface area contributed by atoms with Gasteiger partial charge in [-0.3, -0.25) is 4.79 Å². The molecule has 162 valence electrons. The first-order valence-electron chi connectivity index (χ1n) is 10.4. The normalized spacial score (nSPS) is 11.1. The number of fused-ring (bicyclic) bond motifs is 1. The highest BCUT2D eigenvalue weighted by Gasteiger charge is 2.13. The fraction of sp³-hybridized carbons (Fsp3) is 0.0714. The van der Waals surface area contributed by atoms with E-state index in [4.69, 9.17) is 4.74 Å². The van der Waals surface area contributed by atoms with Gasteiger partial charge >= 0.3 is 0 Å². The molecule has 4 aromatic carbocycles. The lowest BCUT2D eigenvalue weighted by atomic mass is 10.1. The molecule has 0 saturated heterocycles. The number of rotatable bonds is 6. The van der Waals surface area contributed by atoms with Crippen molar-refractivity contribution in [3.63, 3.8) is 0 Å². The molecule has 0 spiro atoms. The Hall–Kier alpha value is -3.88. The van der Waals surface area contributed by atoms with Crippen LogP contribution in [-0.4, -0.2) is 5.91 Å². The lowest BCUT2D eigenvalue weighted by Gasteiger charge is -2.12. The van der Waals surface area contributed by atoms with Crippen LogP contribution in [0.25, 0.3) is 16.8 Å². The summed E-state index contributed by atoms with van der Waals surface area (Å²) in [5.41, 5.74) is 3.28. The molecule has 1 N–H and O–H groups in total. The maximum atomic E-state index is 12.8. The van der Waals surface area contributed by atoms with Crippen LogP contribution in [0.3, 0.4) is 0 Å². The maximum absolute atomic E-state index is 12.8. The molecule has 0 heterocycles. The highest BCUT2D eigenvalue weighted by Crippen LogP contribution is 2.28. The first-order chi connectivity index (χ1) is 16.0. The fourth-order valence-electron chi connectivity index (χ4n) is 3.54. The summed E-state index contributed by atoms with van der Waals surface area (Å²) >= 11 is 3.47. The van der Waals surface area contributed by atoms with Gasteiger partial charge in [0.05, 0.1) is 0 Å². The maximum Gasteiger partial charge on any atom is 0.266 e. The van der Waals surface area contributed by atoms with Gasteiger partial charge < -0.3 is 10.1 Å². The van der Waals surface area contributed by atoms with Crippen LogP contribution < -0.4 is 10.1 Å². The van der Waals surface area contributed by atoms with Crippen molar-refractivity contribution in [2.45, 2.75) is 13.5 Å². The molecule has 0 aliphatic rings. The van der Waals surface area contributed by atoms with Gasteiger partial charge in [-0.1, -0.05) is 76.6 Å². The van der Waals surface area contributed by atoms with Gasteiger partial charge in [0, 0.05) is 15.7 Å². The van der Waals surface area contributed by atoms with Crippen molar-refractivity contribution in [1.29, 1.82) is 5.26 Å². The van der Waals surface area contributed by atoms with E-state index >= 15 is 0 Å². The number of carbonyl (C=O) groups is 1. The molecular weight excluding hydrogens is 476 g/mol. The van der Waals surface area contributed by atoms with E-state index in [-0.39, 0.29) is 5.57 Å². The van der Waals surface area contributed by atoms with Crippen molar-refractivity contribution in [2.75, 3.05) is 5.32 Å². The van der Waals surface area contributed by atoms with Crippen molar-refractivity contribution < 1.29 is 9.53 Å². The number of benzene rings is 4. The molecule has 0 saturated carbocycles. The first kappa shape index (κ1) is 22.3. The number of para-hydroxylation sites is 1. The predicted molar refractivity (Wildman–Crippen MR) is 136 cm³/mol. The summed E-state index contributed by atoms with van der Waals surface area (Å²) in [6.07, 6.45) is 1.55. The van der Waals surface area contributed by atoms with Crippen LogP contribution in [0.4, 0.5) is 5.69 Å². The van der Waals surface area contributed by atoms with Gasteiger partial charge in [-0.15, -0.1) is 0 Å². The third-order valence-electron chi connectivity index (χ3n) is 5.29. The SMILES string of the molecule is Cc1ccccc1NC(=O)/C(C#N)=C/c1cc(Br)ccc1OCc1cccc2ccccc12. The van der Waals surface area contributed by atoms with Gasteiger partial charge in [0.2, 0.25) is 0 Å². The van der Waals surface area contributed by atoms with Crippen molar-refractivity contribution >= 4 is 44.4 Å². The van der Waals surface area contributed by atoms with E-state index in [0.717, 1.165) is 26.4 Å². The van der Waals surface area contributed by atoms with Crippen molar-refractivity contribution in [3.8, 4) is 11.8 Å². The van der Waals surface area contributed by atoms with Gasteiger partial charge in [0.1, 0.15) is 24.0 Å². The smallest absolute Gasteiger partial charge is 0.266 e. The van der Waals surface area contributed by atoms with E-state index < -0.39 is 5.91 Å². The number of aryl methyl sites for hydroxylation is 1. The second kappa shape index (κ2) is 10.2. The quantitative estimate of drug-likeness (QED) is 0.230. The molecule has 1 amide bonds. The number of carbonyl (C=O) groups excluding carboxylic acids is 1. The molecule has 4 aromatic rings. The van der Waals surface area contributed by atoms with Gasteiger partial charge in [-0.2, -0.15) is 5.26 Å². The van der Waals surface area contributed by atoms with Gasteiger partial charge in [-0.05, 0) is 59.2 Å². The summed E-state index contributed by atoms with van der Waals surface area (Å²) in [6.45, 7) is 2.26. The Morgan fingerprint density at radius 3 is 2.61 bits per heavy atom. The highest BCUT2D eigenvalue weighted by atomic mass is 79.9. The zero-order valence-electron chi connectivity index (χ0n) is 18.0. The van der Waals surface area contributed by atoms with E-state index in [1.807, 2.05) is 73.7 Å². The third kappa shape index (κ3) is 5.31. The molecule has 0 bridgehead atoms. The summed E-state index contributed by atoms with van der Waals surface area (Å²) < 4.78 is 6.96. The van der Waals surface area contributed by atoms with Gasteiger partial charge in [0.15, 0.2) is 0 Å². The summed E-state index contributed by atoms with van der Waals surface area (Å²) in [5, 5.41) is 14.7. The first-order valence-corrected chi connectivity index (χ1v) is 11.2. The molecule has 0 unspecified atom stereocenters. The molecule has 0 aromatic heterocycles. The number of nitrogens with one attached hydrogen (secondary N) is 1. The average molecular weight is 497 g/mol. The van der Waals surface area contributed by atoms with E-state index in [2.05, 4.69) is 39.4 Å². The van der Waals surface area contributed by atoms with Gasteiger partial charge in [0.25, 0.3) is 5.91 Å². The molecule has 0 radical (unpaired) electrons. The van der Waals surface area contributed by atoms with Crippen LogP contribution in [0.5, 0.6) is 5.75 Å². The lowest BCUT2D eigenvalue weighted by Crippen LogP contribution is -2.14. The van der Waals surface area contributed by atoms with Gasteiger partial charge in [-0.25, -0.2) is 0 Å². The second-order valence-electron chi connectivity index (χ2n) is 7.55. The highest BCUT2D eigenvalue weighted by molar-refractivity contribution is 9.10. The Kier molecular flexibility index (Phi) is 6.87. The number of ether oxygens (including phenoxy) is 1. The minimum atomic E-state index is -0.466. The number of amides is 1.